The van der Waals surface area contributed by atoms with Crippen LogP contribution in [0.25, 0.3) is 0 Å². The molecular weight excluding hydrogens is 244 g/mol. The minimum Gasteiger partial charge on any atom is -0.756 e. The number of hydrogen-bond donors (Lipinski definition) is 2. The minimum absolute atomic E-state index is 0.289. The highest BCUT2D eigenvalue weighted by molar-refractivity contribution is 5.51. The molecule has 1 saturated heterocycles. The van der Waals surface area contributed by atoms with Crippen LogP contribution in [0.3, 0.4) is 0 Å². The van der Waals surface area contributed by atoms with E-state index in [2.05, 4.69) is 32.5 Å². The van der Waals surface area contributed by atoms with Gasteiger partial charge in [0.2, 0.25) is 5.95 Å². The second-order valence-corrected chi connectivity index (χ2v) is 5.23. The Balaban J connectivity index is 1.70. The van der Waals surface area contributed by atoms with Crippen LogP contribution in [0.4, 0.5) is 11.8 Å². The van der Waals surface area contributed by atoms with E-state index in [0.29, 0.717) is 24.4 Å². The molecule has 7 nitrogen and oxygen atoms in total. The molecule has 2 aliphatic heterocycles. The first-order chi connectivity index (χ1) is 9.22. The van der Waals surface area contributed by atoms with Crippen LogP contribution in [0.5, 0.6) is 0 Å². The zero-order valence-electron chi connectivity index (χ0n) is 11.1. The molecule has 0 radical (unpaired) electrons. The molecule has 0 bridgehead atoms. The molecule has 1 aromatic heterocycles. The Morgan fingerprint density at radius 1 is 1.42 bits per heavy atom. The lowest BCUT2D eigenvalue weighted by Crippen LogP contribution is -2.38. The highest BCUT2D eigenvalue weighted by Crippen LogP contribution is 2.21. The van der Waals surface area contributed by atoms with Gasteiger partial charge in [-0.1, -0.05) is 0 Å². The van der Waals surface area contributed by atoms with Gasteiger partial charge in [-0.3, -0.25) is 5.32 Å². The summed E-state index contributed by atoms with van der Waals surface area (Å²) in [7, 11) is 2.13. The van der Waals surface area contributed by atoms with Crippen LogP contribution < -0.4 is 15.7 Å². The van der Waals surface area contributed by atoms with E-state index in [4.69, 9.17) is 0 Å². The number of piperidine rings is 1. The number of hydrogen-bond acceptors (Lipinski definition) is 7. The summed E-state index contributed by atoms with van der Waals surface area (Å²) in [6, 6.07) is 0.399. The third-order valence-corrected chi connectivity index (χ3v) is 3.70. The van der Waals surface area contributed by atoms with Crippen molar-refractivity contribution in [2.75, 3.05) is 37.2 Å². The third kappa shape index (κ3) is 2.78. The summed E-state index contributed by atoms with van der Waals surface area (Å²) in [6.45, 7) is 3.11. The van der Waals surface area contributed by atoms with Gasteiger partial charge in [-0.2, -0.15) is 4.98 Å². The van der Waals surface area contributed by atoms with E-state index in [1.807, 2.05) is 0 Å². The normalized spacial score (nSPS) is 21.3. The first kappa shape index (κ1) is 12.6. The molecular formula is C12H19N6O-. The van der Waals surface area contributed by atoms with Crippen molar-refractivity contribution in [2.24, 2.45) is 0 Å². The van der Waals surface area contributed by atoms with Crippen molar-refractivity contribution in [3.05, 3.63) is 17.0 Å². The Morgan fingerprint density at radius 3 is 3.00 bits per heavy atom. The molecule has 1 fully saturated rings. The molecule has 0 amide bonds. The Kier molecular flexibility index (Phi) is 3.50. The first-order valence-corrected chi connectivity index (χ1v) is 6.69. The largest absolute Gasteiger partial charge is 0.756 e. The fourth-order valence-corrected chi connectivity index (χ4v) is 2.51. The van der Waals surface area contributed by atoms with E-state index in [0.717, 1.165) is 36.6 Å². The second kappa shape index (κ2) is 5.28. The van der Waals surface area contributed by atoms with E-state index in [9.17, 15) is 5.21 Å². The van der Waals surface area contributed by atoms with Crippen molar-refractivity contribution in [2.45, 2.75) is 25.4 Å². The maximum absolute atomic E-state index is 11.7. The summed E-state index contributed by atoms with van der Waals surface area (Å²) in [5.41, 5.74) is 0.857. The summed E-state index contributed by atoms with van der Waals surface area (Å²) in [5.74, 6) is 1.06. The molecule has 0 saturated carbocycles. The monoisotopic (exact) mass is 263 g/mol. The van der Waals surface area contributed by atoms with Crippen LogP contribution in [0.2, 0.25) is 0 Å². The van der Waals surface area contributed by atoms with Gasteiger partial charge in [0.25, 0.3) is 0 Å². The number of anilines is 2. The summed E-state index contributed by atoms with van der Waals surface area (Å²) in [6.07, 6.45) is 3.90. The van der Waals surface area contributed by atoms with E-state index in [1.54, 1.807) is 6.20 Å². The van der Waals surface area contributed by atoms with Crippen LogP contribution in [-0.2, 0) is 6.54 Å². The molecule has 0 aliphatic carbocycles. The molecule has 2 aliphatic rings. The van der Waals surface area contributed by atoms with Gasteiger partial charge in [0, 0.05) is 24.3 Å². The van der Waals surface area contributed by atoms with Gasteiger partial charge in [0.1, 0.15) is 5.82 Å². The maximum atomic E-state index is 11.7. The predicted octanol–water partition coefficient (Wildman–Crippen LogP) is 0.348. The number of nitrogens with zero attached hydrogens (tertiary/aromatic N) is 4. The fraction of sp³-hybridized carbons (Fsp3) is 0.667. The lowest BCUT2D eigenvalue weighted by Gasteiger charge is -2.35. The number of fused-ring (bicyclic) bond motifs is 1. The van der Waals surface area contributed by atoms with E-state index < -0.39 is 0 Å². The fourth-order valence-electron chi connectivity index (χ4n) is 2.51. The van der Waals surface area contributed by atoms with E-state index in [-0.39, 0.29) is 6.67 Å². The molecule has 7 heteroatoms. The van der Waals surface area contributed by atoms with Crippen LogP contribution in [-0.4, -0.2) is 47.7 Å². The highest BCUT2D eigenvalue weighted by Gasteiger charge is 2.18. The van der Waals surface area contributed by atoms with Crippen LogP contribution in [0.15, 0.2) is 6.20 Å². The zero-order chi connectivity index (χ0) is 13.2. The van der Waals surface area contributed by atoms with Crippen LogP contribution in [0.1, 0.15) is 18.4 Å². The summed E-state index contributed by atoms with van der Waals surface area (Å²) < 4.78 is 0. The molecule has 0 aromatic carbocycles. The summed E-state index contributed by atoms with van der Waals surface area (Å²) in [4.78, 5) is 11.0. The molecule has 104 valence electrons. The number of hydroxylamine groups is 1. The molecule has 0 spiro atoms. The third-order valence-electron chi connectivity index (χ3n) is 3.70. The number of nitrogens with one attached hydrogen (secondary N) is 2. The van der Waals surface area contributed by atoms with Gasteiger partial charge in [-0.05, 0) is 33.0 Å². The lowest BCUT2D eigenvalue weighted by atomic mass is 10.1. The zero-order valence-corrected chi connectivity index (χ0v) is 11.1. The van der Waals surface area contributed by atoms with Crippen molar-refractivity contribution >= 4 is 11.8 Å². The average Bonchev–Trinajstić information content (AvgIpc) is 2.42. The van der Waals surface area contributed by atoms with Crippen molar-refractivity contribution in [3.8, 4) is 0 Å². The SMILES string of the molecule is CN1CCC(Nc2ncc3c(n2)N([O-])CNC3)CC1. The molecule has 0 atom stereocenters. The molecule has 1 aromatic rings. The molecule has 0 unspecified atom stereocenters. The van der Waals surface area contributed by atoms with Gasteiger partial charge in [-0.15, -0.1) is 0 Å². The van der Waals surface area contributed by atoms with Gasteiger partial charge >= 0.3 is 0 Å². The first-order valence-electron chi connectivity index (χ1n) is 6.69. The summed E-state index contributed by atoms with van der Waals surface area (Å²) >= 11 is 0. The molecule has 3 rings (SSSR count). The second-order valence-electron chi connectivity index (χ2n) is 5.23. The van der Waals surface area contributed by atoms with E-state index in [1.165, 1.54) is 0 Å². The van der Waals surface area contributed by atoms with E-state index >= 15 is 0 Å². The van der Waals surface area contributed by atoms with Crippen molar-refractivity contribution in [3.63, 3.8) is 0 Å². The van der Waals surface area contributed by atoms with Crippen molar-refractivity contribution in [1.29, 1.82) is 0 Å². The topological polar surface area (TPSA) is 79.4 Å². The standard InChI is InChI=1S/C12H19N6O/c1-17-4-2-10(3-5-17)15-12-14-7-9-6-13-8-18(19)11(9)16-12/h7,10,13H,2-6,8H2,1H3,(H,14,15,16)/q-1. The van der Waals surface area contributed by atoms with Gasteiger partial charge < -0.3 is 20.5 Å². The minimum atomic E-state index is 0.289. The van der Waals surface area contributed by atoms with Gasteiger partial charge in [0.15, 0.2) is 0 Å². The molecule has 2 N–H and O–H groups in total. The Morgan fingerprint density at radius 2 is 2.21 bits per heavy atom. The van der Waals surface area contributed by atoms with Crippen molar-refractivity contribution in [1.82, 2.24) is 20.2 Å². The predicted molar refractivity (Wildman–Crippen MR) is 73.7 cm³/mol. The highest BCUT2D eigenvalue weighted by atomic mass is 16.5. The van der Waals surface area contributed by atoms with Gasteiger partial charge in [-0.25, -0.2) is 4.98 Å². The number of likely N-dealkylation sites (tertiary alicyclic amines) is 1. The summed E-state index contributed by atoms with van der Waals surface area (Å²) in [5, 5.41) is 18.9. The maximum Gasteiger partial charge on any atom is 0.224 e. The smallest absolute Gasteiger partial charge is 0.224 e. The average molecular weight is 263 g/mol. The Bertz CT molecular complexity index is 446. The van der Waals surface area contributed by atoms with Crippen LogP contribution >= 0.6 is 0 Å². The lowest BCUT2D eigenvalue weighted by molar-refractivity contribution is 0.263. The quantitative estimate of drug-likeness (QED) is 0.797. The Labute approximate surface area is 112 Å². The molecule has 3 heterocycles. The molecule has 19 heavy (non-hydrogen) atoms. The van der Waals surface area contributed by atoms with Gasteiger partial charge in [0.05, 0.1) is 6.67 Å². The van der Waals surface area contributed by atoms with Crippen molar-refractivity contribution < 1.29 is 0 Å². The Hall–Kier alpha value is -1.44. The van der Waals surface area contributed by atoms with Crippen LogP contribution in [0, 0.1) is 5.21 Å². The number of aromatic nitrogens is 2. The number of rotatable bonds is 2.